The van der Waals surface area contributed by atoms with Crippen molar-refractivity contribution >= 4 is 23.9 Å². The topological polar surface area (TPSA) is 83.5 Å². The van der Waals surface area contributed by atoms with E-state index in [0.29, 0.717) is 28.7 Å². The van der Waals surface area contributed by atoms with Gasteiger partial charge < -0.3 is 10.4 Å². The van der Waals surface area contributed by atoms with E-state index in [0.717, 1.165) is 0 Å². The van der Waals surface area contributed by atoms with Gasteiger partial charge in [0.25, 0.3) is 5.91 Å². The SMILES string of the molecule is Cc1cc(C(=O)O)ccc1NC(=O)c1cccc(C=O)c1. The van der Waals surface area contributed by atoms with Gasteiger partial charge in [-0.25, -0.2) is 4.79 Å². The minimum atomic E-state index is -1.02. The number of hydrogen-bond donors (Lipinski definition) is 2. The molecule has 1 amide bonds. The van der Waals surface area contributed by atoms with Crippen LogP contribution in [0.5, 0.6) is 0 Å². The van der Waals surface area contributed by atoms with Crippen LogP contribution in [0.25, 0.3) is 0 Å². The van der Waals surface area contributed by atoms with Gasteiger partial charge in [0.05, 0.1) is 5.56 Å². The van der Waals surface area contributed by atoms with Crippen LogP contribution in [0, 0.1) is 6.92 Å². The smallest absolute Gasteiger partial charge is 0.335 e. The van der Waals surface area contributed by atoms with E-state index in [2.05, 4.69) is 5.32 Å². The molecule has 0 spiro atoms. The largest absolute Gasteiger partial charge is 0.478 e. The molecule has 0 unspecified atom stereocenters. The maximum absolute atomic E-state index is 12.1. The normalized spacial score (nSPS) is 9.95. The Balaban J connectivity index is 2.23. The zero-order valence-corrected chi connectivity index (χ0v) is 11.3. The average molecular weight is 283 g/mol. The van der Waals surface area contributed by atoms with Crippen molar-refractivity contribution in [2.45, 2.75) is 6.92 Å². The van der Waals surface area contributed by atoms with Crippen molar-refractivity contribution in [2.24, 2.45) is 0 Å². The fraction of sp³-hybridized carbons (Fsp3) is 0.0625. The van der Waals surface area contributed by atoms with Gasteiger partial charge in [-0.05, 0) is 42.8 Å². The molecule has 0 radical (unpaired) electrons. The van der Waals surface area contributed by atoms with E-state index in [1.165, 1.54) is 18.2 Å². The molecule has 0 aliphatic carbocycles. The molecule has 5 heteroatoms. The molecular weight excluding hydrogens is 270 g/mol. The molecule has 0 saturated carbocycles. The van der Waals surface area contributed by atoms with Crippen LogP contribution >= 0.6 is 0 Å². The third-order valence-electron chi connectivity index (χ3n) is 3.01. The average Bonchev–Trinajstić information content (AvgIpc) is 2.49. The Labute approximate surface area is 121 Å². The highest BCUT2D eigenvalue weighted by Crippen LogP contribution is 2.18. The predicted molar refractivity (Wildman–Crippen MR) is 77.9 cm³/mol. The standard InChI is InChI=1S/C16H13NO4/c1-10-7-13(16(20)21)5-6-14(10)17-15(19)12-4-2-3-11(8-12)9-18/h2-9H,1H3,(H,17,19)(H,20,21). The summed E-state index contributed by atoms with van der Waals surface area (Å²) in [7, 11) is 0. The zero-order chi connectivity index (χ0) is 15.4. The Morgan fingerprint density at radius 3 is 2.48 bits per heavy atom. The predicted octanol–water partition coefficient (Wildman–Crippen LogP) is 2.76. The number of carbonyl (C=O) groups excluding carboxylic acids is 2. The first-order chi connectivity index (χ1) is 10.0. The van der Waals surface area contributed by atoms with Gasteiger partial charge in [-0.1, -0.05) is 12.1 Å². The minimum Gasteiger partial charge on any atom is -0.478 e. The molecule has 0 atom stereocenters. The molecule has 2 aromatic carbocycles. The van der Waals surface area contributed by atoms with E-state index in [-0.39, 0.29) is 11.5 Å². The van der Waals surface area contributed by atoms with Crippen LogP contribution in [0.4, 0.5) is 5.69 Å². The van der Waals surface area contributed by atoms with Crippen molar-refractivity contribution in [1.29, 1.82) is 0 Å². The first-order valence-corrected chi connectivity index (χ1v) is 6.22. The Bertz CT molecular complexity index is 722. The van der Waals surface area contributed by atoms with Crippen molar-refractivity contribution in [3.8, 4) is 0 Å². The fourth-order valence-electron chi connectivity index (χ4n) is 1.88. The van der Waals surface area contributed by atoms with Crippen molar-refractivity contribution < 1.29 is 19.5 Å². The number of nitrogens with one attached hydrogen (secondary N) is 1. The minimum absolute atomic E-state index is 0.161. The summed E-state index contributed by atoms with van der Waals surface area (Å²) in [5.74, 6) is -1.38. The Kier molecular flexibility index (Phi) is 4.13. The third-order valence-corrected chi connectivity index (χ3v) is 3.01. The number of aromatic carboxylic acids is 1. The lowest BCUT2D eigenvalue weighted by atomic mass is 10.1. The molecule has 0 aliphatic heterocycles. The van der Waals surface area contributed by atoms with Crippen LogP contribution in [0.3, 0.4) is 0 Å². The van der Waals surface area contributed by atoms with Crippen molar-refractivity contribution in [1.82, 2.24) is 0 Å². The number of carbonyl (C=O) groups is 3. The first-order valence-electron chi connectivity index (χ1n) is 6.22. The summed E-state index contributed by atoms with van der Waals surface area (Å²) in [5, 5.41) is 11.6. The van der Waals surface area contributed by atoms with E-state index in [1.807, 2.05) is 0 Å². The van der Waals surface area contributed by atoms with E-state index in [1.54, 1.807) is 31.2 Å². The number of benzene rings is 2. The van der Waals surface area contributed by atoms with E-state index < -0.39 is 5.97 Å². The highest BCUT2D eigenvalue weighted by atomic mass is 16.4. The number of anilines is 1. The lowest BCUT2D eigenvalue weighted by Gasteiger charge is -2.09. The molecule has 106 valence electrons. The second-order valence-corrected chi connectivity index (χ2v) is 4.53. The number of hydrogen-bond acceptors (Lipinski definition) is 3. The number of aldehydes is 1. The van der Waals surface area contributed by atoms with Crippen molar-refractivity contribution in [3.63, 3.8) is 0 Å². The zero-order valence-electron chi connectivity index (χ0n) is 11.3. The van der Waals surface area contributed by atoms with E-state index in [9.17, 15) is 14.4 Å². The van der Waals surface area contributed by atoms with Gasteiger partial charge in [0.15, 0.2) is 0 Å². The molecule has 2 N–H and O–H groups in total. The highest BCUT2D eigenvalue weighted by Gasteiger charge is 2.10. The summed E-state index contributed by atoms with van der Waals surface area (Å²) in [4.78, 5) is 33.7. The lowest BCUT2D eigenvalue weighted by Crippen LogP contribution is -2.13. The van der Waals surface area contributed by atoms with Crippen LogP contribution < -0.4 is 5.32 Å². The maximum atomic E-state index is 12.1. The molecule has 0 heterocycles. The molecular formula is C16H13NO4. The first kappa shape index (κ1) is 14.5. The molecule has 0 bridgehead atoms. The van der Waals surface area contributed by atoms with Gasteiger partial charge in [0.2, 0.25) is 0 Å². The van der Waals surface area contributed by atoms with Crippen molar-refractivity contribution in [2.75, 3.05) is 5.32 Å². The number of carboxylic acids is 1. The number of carboxylic acid groups (broad SMARTS) is 1. The summed E-state index contributed by atoms with van der Waals surface area (Å²) >= 11 is 0. The van der Waals surface area contributed by atoms with Crippen LogP contribution in [-0.2, 0) is 0 Å². The Morgan fingerprint density at radius 1 is 1.10 bits per heavy atom. The van der Waals surface area contributed by atoms with Gasteiger partial charge in [-0.3, -0.25) is 9.59 Å². The fourth-order valence-corrected chi connectivity index (χ4v) is 1.88. The van der Waals surface area contributed by atoms with Crippen LogP contribution in [0.1, 0.15) is 36.6 Å². The summed E-state index contributed by atoms with van der Waals surface area (Å²) in [5.41, 5.74) is 2.12. The molecule has 2 rings (SSSR count). The molecule has 0 saturated heterocycles. The second-order valence-electron chi connectivity index (χ2n) is 4.53. The highest BCUT2D eigenvalue weighted by molar-refractivity contribution is 6.05. The molecule has 21 heavy (non-hydrogen) atoms. The second kappa shape index (κ2) is 6.00. The maximum Gasteiger partial charge on any atom is 0.335 e. The van der Waals surface area contributed by atoms with Crippen LogP contribution in [0.2, 0.25) is 0 Å². The number of amides is 1. The van der Waals surface area contributed by atoms with Crippen LogP contribution in [0.15, 0.2) is 42.5 Å². The van der Waals surface area contributed by atoms with Gasteiger partial charge in [-0.15, -0.1) is 0 Å². The summed E-state index contributed by atoms with van der Waals surface area (Å²) in [6, 6.07) is 10.8. The summed E-state index contributed by atoms with van der Waals surface area (Å²) in [6.45, 7) is 1.71. The quantitative estimate of drug-likeness (QED) is 0.845. The number of aryl methyl sites for hydroxylation is 1. The molecule has 2 aromatic rings. The van der Waals surface area contributed by atoms with Crippen LogP contribution in [-0.4, -0.2) is 23.3 Å². The molecule has 0 fully saturated rings. The van der Waals surface area contributed by atoms with Crippen molar-refractivity contribution in [3.05, 3.63) is 64.7 Å². The Morgan fingerprint density at radius 2 is 1.86 bits per heavy atom. The van der Waals surface area contributed by atoms with Gasteiger partial charge >= 0.3 is 5.97 Å². The third kappa shape index (κ3) is 3.33. The lowest BCUT2D eigenvalue weighted by molar-refractivity contribution is 0.0696. The molecule has 0 aromatic heterocycles. The Hall–Kier alpha value is -2.95. The van der Waals surface area contributed by atoms with Gasteiger partial charge in [0.1, 0.15) is 6.29 Å². The summed E-state index contributed by atoms with van der Waals surface area (Å²) < 4.78 is 0. The van der Waals surface area contributed by atoms with Gasteiger partial charge in [-0.2, -0.15) is 0 Å². The molecule has 0 aliphatic rings. The number of rotatable bonds is 4. The monoisotopic (exact) mass is 283 g/mol. The van der Waals surface area contributed by atoms with E-state index in [4.69, 9.17) is 5.11 Å². The molecule has 5 nitrogen and oxygen atoms in total. The summed E-state index contributed by atoms with van der Waals surface area (Å²) in [6.07, 6.45) is 0.670. The van der Waals surface area contributed by atoms with Gasteiger partial charge in [0, 0.05) is 16.8 Å². The van der Waals surface area contributed by atoms with E-state index >= 15 is 0 Å².